The Morgan fingerprint density at radius 2 is 2.64 bits per heavy atom. The lowest BCUT2D eigenvalue weighted by molar-refractivity contribution is -0.500. The second-order valence-corrected chi connectivity index (χ2v) is 2.23. The van der Waals surface area contributed by atoms with Gasteiger partial charge < -0.3 is 10.2 Å². The van der Waals surface area contributed by atoms with Crippen LogP contribution in [0.4, 0.5) is 0 Å². The van der Waals surface area contributed by atoms with Gasteiger partial charge in [-0.1, -0.05) is 0 Å². The Kier molecular flexibility index (Phi) is 2.62. The molecule has 0 saturated carbocycles. The standard InChI is InChI=1S/C6H7N3OS/c7-6(11)9-8-4-5-2-1-3-10-5/h1-4H,(H3,7,9,11)/p+1. The molecule has 58 valence electrons. The van der Waals surface area contributed by atoms with Crippen molar-refractivity contribution >= 4 is 23.5 Å². The fourth-order valence-electron chi connectivity index (χ4n) is 0.552. The minimum atomic E-state index is 0.188. The normalized spacial score (nSPS) is 10.2. The van der Waals surface area contributed by atoms with E-state index >= 15 is 0 Å². The summed E-state index contributed by atoms with van der Waals surface area (Å²) in [6, 6.07) is 3.59. The first-order chi connectivity index (χ1) is 5.29. The minimum Gasteiger partial charge on any atom is -0.459 e. The first-order valence-corrected chi connectivity index (χ1v) is 3.37. The van der Waals surface area contributed by atoms with E-state index in [1.807, 2.05) is 0 Å². The van der Waals surface area contributed by atoms with Crippen molar-refractivity contribution in [3.8, 4) is 0 Å². The summed E-state index contributed by atoms with van der Waals surface area (Å²) in [5.74, 6) is 0.703. The summed E-state index contributed by atoms with van der Waals surface area (Å²) >= 11 is 4.54. The molecule has 0 spiro atoms. The lowest BCUT2D eigenvalue weighted by Crippen LogP contribution is -2.82. The molecule has 0 amide bonds. The van der Waals surface area contributed by atoms with Gasteiger partial charge in [0.05, 0.1) is 6.26 Å². The van der Waals surface area contributed by atoms with Gasteiger partial charge in [0.2, 0.25) is 11.3 Å². The van der Waals surface area contributed by atoms with Gasteiger partial charge in [-0.3, -0.25) is 0 Å². The third-order valence-electron chi connectivity index (χ3n) is 0.953. The van der Waals surface area contributed by atoms with Crippen LogP contribution in [0.5, 0.6) is 0 Å². The number of thiocarbonyl (C=S) groups is 1. The van der Waals surface area contributed by atoms with Crippen molar-refractivity contribution in [2.45, 2.75) is 0 Å². The van der Waals surface area contributed by atoms with Gasteiger partial charge in [-0.05, 0) is 24.4 Å². The molecule has 1 aromatic rings. The summed E-state index contributed by atoms with van der Waals surface area (Å²) in [6.07, 6.45) is 3.19. The van der Waals surface area contributed by atoms with Crippen LogP contribution in [0.25, 0.3) is 0 Å². The van der Waals surface area contributed by atoms with Crippen LogP contribution in [0.1, 0.15) is 5.76 Å². The Morgan fingerprint density at radius 3 is 3.18 bits per heavy atom. The van der Waals surface area contributed by atoms with Crippen molar-refractivity contribution in [2.75, 3.05) is 0 Å². The lowest BCUT2D eigenvalue weighted by atomic mass is 10.5. The average Bonchev–Trinajstić information content (AvgIpc) is 2.39. The van der Waals surface area contributed by atoms with Gasteiger partial charge in [-0.25, -0.2) is 0 Å². The summed E-state index contributed by atoms with van der Waals surface area (Å²) in [6.45, 7) is 0. The highest BCUT2D eigenvalue weighted by Gasteiger charge is 1.92. The van der Waals surface area contributed by atoms with Gasteiger partial charge in [-0.2, -0.15) is 0 Å². The summed E-state index contributed by atoms with van der Waals surface area (Å²) in [5.41, 5.74) is 7.67. The molecule has 0 aliphatic rings. The van der Waals surface area contributed by atoms with Crippen molar-refractivity contribution in [2.24, 2.45) is 5.73 Å². The molecule has 0 aliphatic carbocycles. The number of hydrazone groups is 1. The first kappa shape index (κ1) is 7.74. The Labute approximate surface area is 69.1 Å². The second kappa shape index (κ2) is 3.72. The number of rotatable bonds is 2. The van der Waals surface area contributed by atoms with Crippen molar-refractivity contribution < 1.29 is 9.52 Å². The monoisotopic (exact) mass is 170 g/mol. The summed E-state index contributed by atoms with van der Waals surface area (Å²) < 4.78 is 4.97. The zero-order valence-corrected chi connectivity index (χ0v) is 6.52. The highest BCUT2D eigenvalue weighted by molar-refractivity contribution is 7.80. The fraction of sp³-hybridized carbons (Fsp3) is 0. The molecule has 4 N–H and O–H groups in total. The van der Waals surface area contributed by atoms with Gasteiger partial charge >= 0.3 is 0 Å². The van der Waals surface area contributed by atoms with E-state index in [2.05, 4.69) is 22.7 Å². The lowest BCUT2D eigenvalue weighted by Gasteiger charge is -1.84. The van der Waals surface area contributed by atoms with E-state index in [4.69, 9.17) is 10.2 Å². The molecule has 0 saturated heterocycles. The quantitative estimate of drug-likeness (QED) is 0.288. The van der Waals surface area contributed by atoms with E-state index in [0.29, 0.717) is 5.76 Å². The Hall–Kier alpha value is -1.36. The molecular weight excluding hydrogens is 162 g/mol. The van der Waals surface area contributed by atoms with E-state index in [1.54, 1.807) is 24.6 Å². The fourth-order valence-corrected chi connectivity index (χ4v) is 0.611. The van der Waals surface area contributed by atoms with Crippen molar-refractivity contribution in [1.82, 2.24) is 5.43 Å². The number of hydrogen-bond donors (Lipinski definition) is 3. The Morgan fingerprint density at radius 1 is 1.82 bits per heavy atom. The zero-order valence-electron chi connectivity index (χ0n) is 5.70. The molecule has 0 aliphatic heterocycles. The maximum Gasteiger partial charge on any atom is 0.233 e. The molecule has 0 aromatic carbocycles. The third-order valence-corrected chi connectivity index (χ3v) is 1.06. The molecule has 0 radical (unpaired) electrons. The molecule has 1 rings (SSSR count). The van der Waals surface area contributed by atoms with Crippen LogP contribution in [-0.2, 0) is 0 Å². The van der Waals surface area contributed by atoms with E-state index in [1.165, 1.54) is 0 Å². The van der Waals surface area contributed by atoms with Crippen LogP contribution in [0, 0.1) is 0 Å². The predicted octanol–water partition coefficient (Wildman–Crippen LogP) is -1.47. The smallest absolute Gasteiger partial charge is 0.233 e. The summed E-state index contributed by atoms with van der Waals surface area (Å²) in [4.78, 5) is 0. The highest BCUT2D eigenvalue weighted by Crippen LogP contribution is 1.91. The van der Waals surface area contributed by atoms with Crippen LogP contribution in [0.3, 0.4) is 0 Å². The zero-order chi connectivity index (χ0) is 8.10. The number of furan rings is 1. The van der Waals surface area contributed by atoms with Gasteiger partial charge in [0.1, 0.15) is 0 Å². The number of nitrogens with one attached hydrogen (secondary N) is 2. The largest absolute Gasteiger partial charge is 0.459 e. The van der Waals surface area contributed by atoms with Gasteiger partial charge in [0, 0.05) is 0 Å². The van der Waals surface area contributed by atoms with Crippen LogP contribution < -0.4 is 16.3 Å². The highest BCUT2D eigenvalue weighted by atomic mass is 32.1. The number of nitrogens with two attached hydrogens (primary N) is 1. The Bertz CT molecular complexity index is 255. The maximum atomic E-state index is 5.14. The first-order valence-electron chi connectivity index (χ1n) is 2.97. The molecule has 11 heavy (non-hydrogen) atoms. The molecule has 0 atom stereocenters. The summed E-state index contributed by atoms with van der Waals surface area (Å²) in [7, 11) is 0. The molecule has 4 nitrogen and oxygen atoms in total. The third kappa shape index (κ3) is 2.81. The second-order valence-electron chi connectivity index (χ2n) is 1.79. The average molecular weight is 170 g/mol. The molecule has 1 heterocycles. The topological polar surface area (TPSA) is 65.2 Å². The minimum absolute atomic E-state index is 0.188. The van der Waals surface area contributed by atoms with Gasteiger partial charge in [0.25, 0.3) is 0 Å². The SMILES string of the molecule is NC(=S)N[NH+]=Cc1ccco1. The van der Waals surface area contributed by atoms with Crippen LogP contribution in [-0.4, -0.2) is 11.3 Å². The molecular formula is C6H8N3OS+. The van der Waals surface area contributed by atoms with E-state index < -0.39 is 0 Å². The molecule has 0 unspecified atom stereocenters. The number of hydrazine groups is 1. The molecule has 1 aromatic heterocycles. The van der Waals surface area contributed by atoms with Crippen molar-refractivity contribution in [1.29, 1.82) is 0 Å². The number of hydrogen-bond acceptors (Lipinski definition) is 2. The van der Waals surface area contributed by atoms with E-state index in [-0.39, 0.29) is 5.11 Å². The van der Waals surface area contributed by atoms with E-state index in [0.717, 1.165) is 0 Å². The predicted molar refractivity (Wildman–Crippen MR) is 44.8 cm³/mol. The van der Waals surface area contributed by atoms with Crippen LogP contribution in [0.2, 0.25) is 0 Å². The van der Waals surface area contributed by atoms with Crippen LogP contribution in [0.15, 0.2) is 22.8 Å². The molecule has 0 fully saturated rings. The molecule has 5 heteroatoms. The maximum absolute atomic E-state index is 5.14. The van der Waals surface area contributed by atoms with Crippen molar-refractivity contribution in [3.05, 3.63) is 24.2 Å². The van der Waals surface area contributed by atoms with Gasteiger partial charge in [-0.15, -0.1) is 10.5 Å². The Balaban J connectivity index is 2.43. The van der Waals surface area contributed by atoms with Crippen LogP contribution >= 0.6 is 12.2 Å². The molecule has 0 bridgehead atoms. The van der Waals surface area contributed by atoms with E-state index in [9.17, 15) is 0 Å². The van der Waals surface area contributed by atoms with Crippen molar-refractivity contribution in [3.63, 3.8) is 0 Å². The van der Waals surface area contributed by atoms with Gasteiger partial charge in [0.15, 0.2) is 5.76 Å². The summed E-state index contributed by atoms with van der Waals surface area (Å²) in [5, 5.41) is 2.84.